The Bertz CT molecular complexity index is 788. The Hall–Kier alpha value is -3.02. The van der Waals surface area contributed by atoms with E-state index in [2.05, 4.69) is 5.32 Å². The maximum absolute atomic E-state index is 12.3. The molecule has 2 aromatic carbocycles. The highest BCUT2D eigenvalue weighted by Crippen LogP contribution is 2.32. The molecule has 124 valence electrons. The minimum absolute atomic E-state index is 0.0666. The molecule has 0 spiro atoms. The van der Waals surface area contributed by atoms with Gasteiger partial charge < -0.3 is 14.8 Å². The highest BCUT2D eigenvalue weighted by atomic mass is 16.5. The van der Waals surface area contributed by atoms with Gasteiger partial charge in [-0.1, -0.05) is 12.1 Å². The van der Waals surface area contributed by atoms with Gasteiger partial charge in [0.1, 0.15) is 18.0 Å². The van der Waals surface area contributed by atoms with Crippen molar-refractivity contribution in [2.75, 3.05) is 30.5 Å². The number of amides is 2. The zero-order chi connectivity index (χ0) is 17.1. The van der Waals surface area contributed by atoms with E-state index < -0.39 is 0 Å². The monoisotopic (exact) mass is 326 g/mol. The lowest BCUT2D eigenvalue weighted by molar-refractivity contribution is -0.123. The lowest BCUT2D eigenvalue weighted by Crippen LogP contribution is -2.43. The van der Waals surface area contributed by atoms with Crippen LogP contribution < -0.4 is 19.7 Å². The van der Waals surface area contributed by atoms with Gasteiger partial charge in [0, 0.05) is 11.8 Å². The Morgan fingerprint density at radius 3 is 2.92 bits per heavy atom. The highest BCUT2D eigenvalue weighted by molar-refractivity contribution is 6.05. The first-order valence-electron chi connectivity index (χ1n) is 7.54. The molecule has 3 rings (SSSR count). The van der Waals surface area contributed by atoms with Gasteiger partial charge in [0.2, 0.25) is 5.91 Å². The molecular weight excluding hydrogens is 308 g/mol. The highest BCUT2D eigenvalue weighted by Gasteiger charge is 2.27. The predicted molar refractivity (Wildman–Crippen MR) is 90.7 cm³/mol. The van der Waals surface area contributed by atoms with Crippen molar-refractivity contribution < 1.29 is 19.1 Å². The van der Waals surface area contributed by atoms with E-state index >= 15 is 0 Å². The molecule has 0 radical (unpaired) electrons. The van der Waals surface area contributed by atoms with E-state index in [4.69, 9.17) is 9.47 Å². The standard InChI is InChI=1S/C18H18N2O4/c1-12-6-7-15-16(8-12)24-11-18(22)20(15)10-17(21)19-13-4-3-5-14(9-13)23-2/h3-9H,10-11H2,1-2H3,(H,19,21). The van der Waals surface area contributed by atoms with Crippen LogP contribution in [-0.4, -0.2) is 32.1 Å². The van der Waals surface area contributed by atoms with Gasteiger partial charge in [-0.05, 0) is 36.8 Å². The first-order valence-corrected chi connectivity index (χ1v) is 7.54. The molecule has 0 aromatic heterocycles. The molecule has 1 N–H and O–H groups in total. The Balaban J connectivity index is 1.75. The van der Waals surface area contributed by atoms with Gasteiger partial charge in [0.05, 0.1) is 12.8 Å². The minimum Gasteiger partial charge on any atom is -0.497 e. The number of methoxy groups -OCH3 is 1. The molecule has 0 aliphatic carbocycles. The molecule has 1 aliphatic heterocycles. The molecule has 2 aromatic rings. The molecule has 0 fully saturated rings. The summed E-state index contributed by atoms with van der Waals surface area (Å²) in [6.07, 6.45) is 0. The minimum atomic E-state index is -0.287. The van der Waals surface area contributed by atoms with Crippen molar-refractivity contribution in [2.45, 2.75) is 6.92 Å². The predicted octanol–water partition coefficient (Wildman–Crippen LogP) is 2.37. The number of hydrogen-bond acceptors (Lipinski definition) is 4. The number of aryl methyl sites for hydroxylation is 1. The number of nitrogens with one attached hydrogen (secondary N) is 1. The summed E-state index contributed by atoms with van der Waals surface area (Å²) in [6.45, 7) is 1.80. The lowest BCUT2D eigenvalue weighted by Gasteiger charge is -2.29. The normalized spacial score (nSPS) is 13.1. The van der Waals surface area contributed by atoms with Gasteiger partial charge >= 0.3 is 0 Å². The van der Waals surface area contributed by atoms with Crippen LogP contribution in [0, 0.1) is 6.92 Å². The van der Waals surface area contributed by atoms with Crippen molar-refractivity contribution in [1.82, 2.24) is 0 Å². The summed E-state index contributed by atoms with van der Waals surface area (Å²) < 4.78 is 10.6. The topological polar surface area (TPSA) is 67.9 Å². The fraction of sp³-hybridized carbons (Fsp3) is 0.222. The Morgan fingerprint density at radius 1 is 1.29 bits per heavy atom. The number of fused-ring (bicyclic) bond motifs is 1. The second kappa shape index (κ2) is 6.62. The average molecular weight is 326 g/mol. The quantitative estimate of drug-likeness (QED) is 0.936. The van der Waals surface area contributed by atoms with Crippen molar-refractivity contribution in [2.24, 2.45) is 0 Å². The summed E-state index contributed by atoms with van der Waals surface area (Å²) in [5, 5.41) is 2.77. The van der Waals surface area contributed by atoms with E-state index in [-0.39, 0.29) is 25.0 Å². The third kappa shape index (κ3) is 3.32. The molecule has 2 amide bonds. The molecule has 0 saturated heterocycles. The summed E-state index contributed by atoms with van der Waals surface area (Å²) in [4.78, 5) is 25.9. The van der Waals surface area contributed by atoms with Crippen LogP contribution in [0.25, 0.3) is 0 Å². The molecule has 24 heavy (non-hydrogen) atoms. The number of anilines is 2. The van der Waals surface area contributed by atoms with Gasteiger partial charge in [0.15, 0.2) is 6.61 Å². The fourth-order valence-corrected chi connectivity index (χ4v) is 2.53. The van der Waals surface area contributed by atoms with E-state index in [0.29, 0.717) is 22.9 Å². The van der Waals surface area contributed by atoms with E-state index in [0.717, 1.165) is 5.56 Å². The number of hydrogen-bond donors (Lipinski definition) is 1. The Kier molecular flexibility index (Phi) is 4.37. The summed E-state index contributed by atoms with van der Waals surface area (Å²) in [7, 11) is 1.56. The van der Waals surface area contributed by atoms with Crippen LogP contribution >= 0.6 is 0 Å². The maximum Gasteiger partial charge on any atom is 0.265 e. The Labute approximate surface area is 140 Å². The van der Waals surface area contributed by atoms with Crippen molar-refractivity contribution in [3.05, 3.63) is 48.0 Å². The van der Waals surface area contributed by atoms with E-state index in [1.165, 1.54) is 4.90 Å². The molecule has 1 heterocycles. The zero-order valence-corrected chi connectivity index (χ0v) is 13.5. The van der Waals surface area contributed by atoms with E-state index in [1.807, 2.05) is 19.1 Å². The maximum atomic E-state index is 12.3. The number of carbonyl (C=O) groups excluding carboxylic acids is 2. The first-order chi connectivity index (χ1) is 11.6. The molecule has 0 bridgehead atoms. The second-order valence-electron chi connectivity index (χ2n) is 5.52. The molecule has 1 aliphatic rings. The third-order valence-corrected chi connectivity index (χ3v) is 3.71. The summed E-state index contributed by atoms with van der Waals surface area (Å²) >= 11 is 0. The molecular formula is C18H18N2O4. The first kappa shape index (κ1) is 15.9. The Morgan fingerprint density at radius 2 is 2.12 bits per heavy atom. The molecule has 6 nitrogen and oxygen atoms in total. The molecule has 6 heteroatoms. The SMILES string of the molecule is COc1cccc(NC(=O)CN2C(=O)COc3cc(C)ccc32)c1. The number of rotatable bonds is 4. The summed E-state index contributed by atoms with van der Waals surface area (Å²) in [5.41, 5.74) is 2.26. The van der Waals surface area contributed by atoms with E-state index in [1.54, 1.807) is 37.4 Å². The number of benzene rings is 2. The van der Waals surface area contributed by atoms with Gasteiger partial charge in [-0.2, -0.15) is 0 Å². The van der Waals surface area contributed by atoms with Crippen molar-refractivity contribution in [3.63, 3.8) is 0 Å². The fourth-order valence-electron chi connectivity index (χ4n) is 2.53. The number of ether oxygens (including phenoxy) is 2. The third-order valence-electron chi connectivity index (χ3n) is 3.71. The zero-order valence-electron chi connectivity index (χ0n) is 13.5. The van der Waals surface area contributed by atoms with Gasteiger partial charge in [-0.15, -0.1) is 0 Å². The van der Waals surface area contributed by atoms with Crippen LogP contribution in [0.4, 0.5) is 11.4 Å². The summed E-state index contributed by atoms with van der Waals surface area (Å²) in [6, 6.07) is 12.6. The number of carbonyl (C=O) groups is 2. The van der Waals surface area contributed by atoms with Crippen molar-refractivity contribution in [1.29, 1.82) is 0 Å². The largest absolute Gasteiger partial charge is 0.497 e. The van der Waals surface area contributed by atoms with Crippen LogP contribution in [0.5, 0.6) is 11.5 Å². The molecule has 0 unspecified atom stereocenters. The van der Waals surface area contributed by atoms with Crippen molar-refractivity contribution in [3.8, 4) is 11.5 Å². The average Bonchev–Trinajstić information content (AvgIpc) is 2.57. The second-order valence-corrected chi connectivity index (χ2v) is 5.52. The van der Waals surface area contributed by atoms with Crippen LogP contribution in [-0.2, 0) is 9.59 Å². The van der Waals surface area contributed by atoms with Gasteiger partial charge in [-0.3, -0.25) is 14.5 Å². The van der Waals surface area contributed by atoms with Crippen LogP contribution in [0.15, 0.2) is 42.5 Å². The lowest BCUT2D eigenvalue weighted by atomic mass is 10.1. The van der Waals surface area contributed by atoms with Crippen molar-refractivity contribution >= 4 is 23.2 Å². The van der Waals surface area contributed by atoms with Crippen LogP contribution in [0.2, 0.25) is 0 Å². The summed E-state index contributed by atoms with van der Waals surface area (Å²) in [5.74, 6) is 0.733. The van der Waals surface area contributed by atoms with Gasteiger partial charge in [0.25, 0.3) is 5.91 Å². The number of nitrogens with zero attached hydrogens (tertiary/aromatic N) is 1. The molecule has 0 saturated carbocycles. The molecule has 0 atom stereocenters. The van der Waals surface area contributed by atoms with Crippen LogP contribution in [0.3, 0.4) is 0 Å². The van der Waals surface area contributed by atoms with Crippen LogP contribution in [0.1, 0.15) is 5.56 Å². The van der Waals surface area contributed by atoms with E-state index in [9.17, 15) is 9.59 Å². The van der Waals surface area contributed by atoms with Gasteiger partial charge in [-0.25, -0.2) is 0 Å². The smallest absolute Gasteiger partial charge is 0.265 e.